The molecule has 1 aliphatic carbocycles. The van der Waals surface area contributed by atoms with Crippen LogP contribution in [0, 0.1) is 0 Å². The Kier molecular flexibility index (Phi) is 5.35. The van der Waals surface area contributed by atoms with E-state index in [9.17, 15) is 8.42 Å². The average Bonchev–Trinajstić information content (AvgIpc) is 2.79. The Morgan fingerprint density at radius 2 is 1.50 bits per heavy atom. The van der Waals surface area contributed by atoms with Crippen molar-refractivity contribution in [3.63, 3.8) is 0 Å². The lowest BCUT2D eigenvalue weighted by Gasteiger charge is -2.34. The molecule has 0 saturated carbocycles. The van der Waals surface area contributed by atoms with Crippen LogP contribution in [0.3, 0.4) is 0 Å². The monoisotopic (exact) mass is 420 g/mol. The molecule has 0 unspecified atom stereocenters. The molecule has 0 amide bonds. The van der Waals surface area contributed by atoms with Crippen LogP contribution in [0.2, 0.25) is 0 Å². The summed E-state index contributed by atoms with van der Waals surface area (Å²) < 4.78 is 28.1. The first kappa shape index (κ1) is 19.7. The lowest BCUT2D eigenvalue weighted by molar-refractivity contribution is 0.182. The minimum atomic E-state index is -3.42. The van der Waals surface area contributed by atoms with E-state index in [0.717, 1.165) is 38.9 Å². The molecule has 0 spiro atoms. The van der Waals surface area contributed by atoms with Gasteiger partial charge in [0.05, 0.1) is 4.90 Å². The highest BCUT2D eigenvalue weighted by atomic mass is 32.2. The molecule has 0 aromatic heterocycles. The normalized spacial score (nSPS) is 18.4. The Morgan fingerprint density at radius 1 is 0.767 bits per heavy atom. The summed E-state index contributed by atoms with van der Waals surface area (Å²) in [5.74, 6) is 0. The average molecular weight is 421 g/mol. The fourth-order valence-electron chi connectivity index (χ4n) is 4.82. The van der Waals surface area contributed by atoms with Gasteiger partial charge in [-0.1, -0.05) is 48.5 Å². The smallest absolute Gasteiger partial charge is 0.243 e. The van der Waals surface area contributed by atoms with Gasteiger partial charge in [-0.05, 0) is 65.3 Å². The minimum Gasteiger partial charge on any atom is -0.296 e. The van der Waals surface area contributed by atoms with Crippen LogP contribution in [0.25, 0.3) is 10.8 Å². The molecule has 4 nitrogen and oxygen atoms in total. The van der Waals surface area contributed by atoms with Gasteiger partial charge in [-0.15, -0.1) is 0 Å². The van der Waals surface area contributed by atoms with E-state index in [4.69, 9.17) is 0 Å². The van der Waals surface area contributed by atoms with Gasteiger partial charge in [0.1, 0.15) is 0 Å². The van der Waals surface area contributed by atoms with Crippen LogP contribution in [0.5, 0.6) is 0 Å². The molecule has 1 aliphatic heterocycles. The third-order valence-electron chi connectivity index (χ3n) is 6.56. The second kappa shape index (κ2) is 8.14. The van der Waals surface area contributed by atoms with Crippen LogP contribution in [0.15, 0.2) is 65.6 Å². The molecule has 30 heavy (non-hydrogen) atoms. The molecule has 0 bridgehead atoms. The van der Waals surface area contributed by atoms with Crippen molar-refractivity contribution in [3.05, 3.63) is 77.4 Å². The summed E-state index contributed by atoms with van der Waals surface area (Å²) in [7, 11) is -3.42. The molecule has 1 fully saturated rings. The van der Waals surface area contributed by atoms with E-state index in [1.807, 2.05) is 18.2 Å². The fraction of sp³-hybridized carbons (Fsp3) is 0.360. The van der Waals surface area contributed by atoms with Gasteiger partial charge in [-0.3, -0.25) is 4.90 Å². The molecule has 5 heteroatoms. The van der Waals surface area contributed by atoms with Crippen LogP contribution in [0.4, 0.5) is 0 Å². The molecule has 3 aromatic rings. The van der Waals surface area contributed by atoms with Crippen molar-refractivity contribution in [2.24, 2.45) is 0 Å². The number of benzene rings is 3. The zero-order chi connectivity index (χ0) is 20.6. The highest BCUT2D eigenvalue weighted by Gasteiger charge is 2.29. The van der Waals surface area contributed by atoms with Gasteiger partial charge < -0.3 is 0 Å². The molecule has 3 aromatic carbocycles. The maximum atomic E-state index is 13.2. The van der Waals surface area contributed by atoms with Gasteiger partial charge in [-0.25, -0.2) is 8.42 Å². The predicted octanol–water partition coefficient (Wildman–Crippen LogP) is 4.23. The molecule has 5 rings (SSSR count). The Bertz CT molecular complexity index is 1160. The van der Waals surface area contributed by atoms with Crippen LogP contribution in [-0.4, -0.2) is 43.8 Å². The summed E-state index contributed by atoms with van der Waals surface area (Å²) in [4.78, 5) is 2.83. The van der Waals surface area contributed by atoms with E-state index in [0.29, 0.717) is 18.0 Å². The van der Waals surface area contributed by atoms with E-state index in [1.54, 1.807) is 4.31 Å². The summed E-state index contributed by atoms with van der Waals surface area (Å²) in [5, 5.41) is 2.53. The van der Waals surface area contributed by atoms with E-state index in [2.05, 4.69) is 47.4 Å². The highest BCUT2D eigenvalue weighted by molar-refractivity contribution is 7.89. The minimum absolute atomic E-state index is 0.464. The van der Waals surface area contributed by atoms with Gasteiger partial charge >= 0.3 is 0 Å². The number of rotatable bonds is 4. The fourth-order valence-corrected chi connectivity index (χ4v) is 6.29. The van der Waals surface area contributed by atoms with Crippen molar-refractivity contribution in [1.82, 2.24) is 9.21 Å². The first-order valence-electron chi connectivity index (χ1n) is 10.9. The van der Waals surface area contributed by atoms with Crippen molar-refractivity contribution in [2.45, 2.75) is 37.1 Å². The maximum absolute atomic E-state index is 13.2. The quantitative estimate of drug-likeness (QED) is 0.634. The number of nitrogens with zero attached hydrogens (tertiary/aromatic N) is 2. The van der Waals surface area contributed by atoms with Crippen molar-refractivity contribution in [2.75, 3.05) is 26.2 Å². The van der Waals surface area contributed by atoms with Crippen LogP contribution >= 0.6 is 0 Å². The first-order valence-corrected chi connectivity index (χ1v) is 12.4. The summed E-state index contributed by atoms with van der Waals surface area (Å²) in [6, 6.07) is 20.6. The maximum Gasteiger partial charge on any atom is 0.243 e. The second-order valence-electron chi connectivity index (χ2n) is 8.46. The van der Waals surface area contributed by atoms with Crippen molar-refractivity contribution < 1.29 is 8.42 Å². The topological polar surface area (TPSA) is 40.6 Å². The zero-order valence-corrected chi connectivity index (χ0v) is 18.1. The Labute approximate surface area is 179 Å². The van der Waals surface area contributed by atoms with Crippen molar-refractivity contribution >= 4 is 20.8 Å². The largest absolute Gasteiger partial charge is 0.296 e. The molecule has 2 aliphatic rings. The Hall–Kier alpha value is -2.21. The first-order chi connectivity index (χ1) is 14.6. The molecule has 0 atom stereocenters. The van der Waals surface area contributed by atoms with Crippen LogP contribution in [0.1, 0.15) is 29.5 Å². The molecule has 156 valence electrons. The van der Waals surface area contributed by atoms with Gasteiger partial charge in [0, 0.05) is 32.7 Å². The molecular formula is C25H28N2O2S. The number of hydrogen-bond donors (Lipinski definition) is 0. The lowest BCUT2D eigenvalue weighted by atomic mass is 9.92. The van der Waals surface area contributed by atoms with Crippen molar-refractivity contribution in [3.8, 4) is 0 Å². The van der Waals surface area contributed by atoms with Crippen LogP contribution in [-0.2, 0) is 29.4 Å². The van der Waals surface area contributed by atoms with Crippen LogP contribution < -0.4 is 0 Å². The number of fused-ring (bicyclic) bond motifs is 2. The Morgan fingerprint density at radius 3 is 2.33 bits per heavy atom. The van der Waals surface area contributed by atoms with Crippen molar-refractivity contribution in [1.29, 1.82) is 0 Å². The van der Waals surface area contributed by atoms with E-state index >= 15 is 0 Å². The number of sulfonamides is 1. The number of piperazine rings is 1. The third-order valence-corrected chi connectivity index (χ3v) is 8.46. The summed E-state index contributed by atoms with van der Waals surface area (Å²) >= 11 is 0. The Balaban J connectivity index is 1.28. The number of hydrogen-bond acceptors (Lipinski definition) is 3. The SMILES string of the molecule is O=S(=O)(c1ccc2c(c1)CCCC2)N1CCN(Cc2cccc3ccccc23)CC1. The molecule has 1 saturated heterocycles. The molecule has 0 radical (unpaired) electrons. The lowest BCUT2D eigenvalue weighted by Crippen LogP contribution is -2.48. The molecule has 0 N–H and O–H groups in total. The summed E-state index contributed by atoms with van der Waals surface area (Å²) in [5.41, 5.74) is 3.84. The molecule has 1 heterocycles. The van der Waals surface area contributed by atoms with Gasteiger partial charge in [0.15, 0.2) is 0 Å². The highest BCUT2D eigenvalue weighted by Crippen LogP contribution is 2.27. The zero-order valence-electron chi connectivity index (χ0n) is 17.3. The van der Waals surface area contributed by atoms with E-state index in [-0.39, 0.29) is 0 Å². The predicted molar refractivity (Wildman–Crippen MR) is 121 cm³/mol. The van der Waals surface area contributed by atoms with E-state index < -0.39 is 10.0 Å². The van der Waals surface area contributed by atoms with E-state index in [1.165, 1.54) is 33.9 Å². The second-order valence-corrected chi connectivity index (χ2v) is 10.4. The standard InChI is InChI=1S/C25H28N2O2S/c28-30(29,24-13-12-20-6-1-2-8-22(20)18-24)27-16-14-26(15-17-27)19-23-10-5-9-21-7-3-4-11-25(21)23/h3-5,7,9-13,18H,1-2,6,8,14-17,19H2. The third kappa shape index (κ3) is 3.78. The van der Waals surface area contributed by atoms with Gasteiger partial charge in [-0.2, -0.15) is 4.31 Å². The molecular weight excluding hydrogens is 392 g/mol. The number of aryl methyl sites for hydroxylation is 2. The summed E-state index contributed by atoms with van der Waals surface area (Å²) in [6.45, 7) is 3.46. The van der Waals surface area contributed by atoms with Gasteiger partial charge in [0.25, 0.3) is 0 Å². The van der Waals surface area contributed by atoms with Gasteiger partial charge in [0.2, 0.25) is 10.0 Å². The summed E-state index contributed by atoms with van der Waals surface area (Å²) in [6.07, 6.45) is 4.43.